The Balaban J connectivity index is 1.42. The lowest BCUT2D eigenvalue weighted by Gasteiger charge is -2.23. The van der Waals surface area contributed by atoms with Gasteiger partial charge in [-0.15, -0.1) is 0 Å². The van der Waals surface area contributed by atoms with Gasteiger partial charge in [0.1, 0.15) is 17.9 Å². The molecule has 1 aliphatic rings. The van der Waals surface area contributed by atoms with E-state index in [2.05, 4.69) is 31.7 Å². The van der Waals surface area contributed by atoms with Gasteiger partial charge in [-0.05, 0) is 36.4 Å². The van der Waals surface area contributed by atoms with Crippen molar-refractivity contribution in [1.29, 1.82) is 5.26 Å². The molecule has 2 N–H and O–H groups in total. The van der Waals surface area contributed by atoms with Crippen molar-refractivity contribution in [3.8, 4) is 23.1 Å². The van der Waals surface area contributed by atoms with Crippen molar-refractivity contribution in [1.82, 2.24) is 20.3 Å². The molecule has 3 aromatic rings. The lowest BCUT2D eigenvalue weighted by Crippen LogP contribution is -2.26. The highest BCUT2D eigenvalue weighted by Gasteiger charge is 2.17. The third kappa shape index (κ3) is 6.48. The molecular weight excluding hydrogens is 432 g/mol. The number of pyridine rings is 1. The molecule has 1 saturated heterocycles. The number of rotatable bonds is 10. The number of anilines is 2. The number of nitrogens with zero attached hydrogens (tertiary/aromatic N) is 4. The summed E-state index contributed by atoms with van der Waals surface area (Å²) < 4.78 is 16.5. The van der Waals surface area contributed by atoms with Gasteiger partial charge in [-0.1, -0.05) is 0 Å². The molecule has 4 rings (SSSR count). The minimum absolute atomic E-state index is 0.0719. The van der Waals surface area contributed by atoms with Crippen LogP contribution in [-0.4, -0.2) is 54.5 Å². The van der Waals surface area contributed by atoms with Crippen LogP contribution < -0.4 is 15.4 Å². The number of aromatic nitrogens is 3. The minimum Gasteiger partial charge on any atom is -0.489 e. The van der Waals surface area contributed by atoms with Gasteiger partial charge in [0.25, 0.3) is 0 Å². The molecule has 9 nitrogen and oxygen atoms in total. The summed E-state index contributed by atoms with van der Waals surface area (Å²) in [5.41, 5.74) is 3.73. The third-order valence-corrected chi connectivity index (χ3v) is 5.38. The largest absolute Gasteiger partial charge is 0.489 e. The van der Waals surface area contributed by atoms with Crippen LogP contribution in [-0.2, 0) is 16.0 Å². The Kier molecular flexibility index (Phi) is 8.35. The molecule has 176 valence electrons. The number of nitrogens with one attached hydrogen (secondary N) is 2. The summed E-state index contributed by atoms with van der Waals surface area (Å²) >= 11 is 0. The molecule has 2 aromatic heterocycles. The Morgan fingerprint density at radius 3 is 2.79 bits per heavy atom. The van der Waals surface area contributed by atoms with E-state index in [4.69, 9.17) is 14.2 Å². The SMILES string of the molecule is COCCNCc1ccc(Nc2nccc(-c3ccc(OC4CCOCC4)c(C#N)c3)n2)cn1. The number of nitriles is 1. The standard InChI is InChI=1S/C25H28N6O3/c1-32-13-10-27-16-20-3-4-21(17-29-20)30-25-28-9-6-23(31-25)18-2-5-24(19(14-18)15-26)34-22-7-11-33-12-8-22/h2-6,9,14,17,22,27H,7-8,10-13,16H2,1H3,(H,28,30,31). The van der Waals surface area contributed by atoms with E-state index in [0.717, 1.165) is 36.3 Å². The maximum absolute atomic E-state index is 9.65. The predicted octanol–water partition coefficient (Wildman–Crippen LogP) is 3.45. The summed E-state index contributed by atoms with van der Waals surface area (Å²) in [5, 5.41) is 16.1. The van der Waals surface area contributed by atoms with Crippen molar-refractivity contribution >= 4 is 11.6 Å². The van der Waals surface area contributed by atoms with Crippen molar-refractivity contribution < 1.29 is 14.2 Å². The van der Waals surface area contributed by atoms with E-state index in [0.29, 0.717) is 49.3 Å². The first-order valence-electron chi connectivity index (χ1n) is 11.3. The van der Waals surface area contributed by atoms with Gasteiger partial charge in [0.05, 0.1) is 48.7 Å². The average molecular weight is 461 g/mol. The van der Waals surface area contributed by atoms with Crippen LogP contribution in [0.4, 0.5) is 11.6 Å². The highest BCUT2D eigenvalue weighted by Crippen LogP contribution is 2.28. The zero-order chi connectivity index (χ0) is 23.6. The molecule has 9 heteroatoms. The molecule has 0 bridgehead atoms. The summed E-state index contributed by atoms with van der Waals surface area (Å²) in [5.74, 6) is 1.04. The summed E-state index contributed by atoms with van der Waals surface area (Å²) in [6.07, 6.45) is 5.16. The van der Waals surface area contributed by atoms with Crippen LogP contribution in [0.3, 0.4) is 0 Å². The molecule has 1 fully saturated rings. The highest BCUT2D eigenvalue weighted by molar-refractivity contribution is 5.65. The third-order valence-electron chi connectivity index (χ3n) is 5.38. The maximum Gasteiger partial charge on any atom is 0.227 e. The van der Waals surface area contributed by atoms with Crippen LogP contribution in [0.1, 0.15) is 24.1 Å². The van der Waals surface area contributed by atoms with Crippen molar-refractivity contribution in [2.45, 2.75) is 25.5 Å². The smallest absolute Gasteiger partial charge is 0.227 e. The number of methoxy groups -OCH3 is 1. The summed E-state index contributed by atoms with van der Waals surface area (Å²) in [6.45, 7) is 3.48. The summed E-state index contributed by atoms with van der Waals surface area (Å²) in [6, 6.07) is 13.5. The molecule has 1 aliphatic heterocycles. The average Bonchev–Trinajstić information content (AvgIpc) is 2.88. The van der Waals surface area contributed by atoms with Crippen molar-refractivity contribution in [2.24, 2.45) is 0 Å². The molecular formula is C25H28N6O3. The first-order chi connectivity index (χ1) is 16.7. The van der Waals surface area contributed by atoms with Gasteiger partial charge < -0.3 is 24.8 Å². The fourth-order valence-electron chi connectivity index (χ4n) is 3.56. The van der Waals surface area contributed by atoms with Gasteiger partial charge in [-0.2, -0.15) is 5.26 Å². The second-order valence-corrected chi connectivity index (χ2v) is 7.85. The molecule has 0 unspecified atom stereocenters. The van der Waals surface area contributed by atoms with Crippen molar-refractivity contribution in [3.63, 3.8) is 0 Å². The van der Waals surface area contributed by atoms with E-state index in [9.17, 15) is 5.26 Å². The maximum atomic E-state index is 9.65. The highest BCUT2D eigenvalue weighted by atomic mass is 16.5. The second kappa shape index (κ2) is 12.0. The fourth-order valence-corrected chi connectivity index (χ4v) is 3.56. The Morgan fingerprint density at radius 1 is 1.15 bits per heavy atom. The van der Waals surface area contributed by atoms with Crippen LogP contribution >= 0.6 is 0 Å². The topological polar surface area (TPSA) is 114 Å². The number of ether oxygens (including phenoxy) is 3. The van der Waals surface area contributed by atoms with E-state index in [1.54, 1.807) is 25.6 Å². The molecule has 0 atom stereocenters. The Bertz CT molecular complexity index is 1110. The zero-order valence-corrected chi connectivity index (χ0v) is 19.2. The first kappa shape index (κ1) is 23.6. The Labute approximate surface area is 199 Å². The van der Waals surface area contributed by atoms with Gasteiger partial charge >= 0.3 is 0 Å². The monoisotopic (exact) mass is 460 g/mol. The number of hydrogen-bond acceptors (Lipinski definition) is 9. The fraction of sp³-hybridized carbons (Fsp3) is 0.360. The second-order valence-electron chi connectivity index (χ2n) is 7.85. The van der Waals surface area contributed by atoms with Crippen LogP contribution in [0.5, 0.6) is 5.75 Å². The van der Waals surface area contributed by atoms with Crippen LogP contribution in [0.15, 0.2) is 48.8 Å². The van der Waals surface area contributed by atoms with Crippen molar-refractivity contribution in [3.05, 3.63) is 60.0 Å². The summed E-state index contributed by atoms with van der Waals surface area (Å²) in [7, 11) is 1.68. The number of benzene rings is 1. The molecule has 0 spiro atoms. The molecule has 3 heterocycles. The molecule has 34 heavy (non-hydrogen) atoms. The van der Waals surface area contributed by atoms with E-state index in [1.807, 2.05) is 30.3 Å². The predicted molar refractivity (Wildman–Crippen MR) is 128 cm³/mol. The zero-order valence-electron chi connectivity index (χ0n) is 19.2. The van der Waals surface area contributed by atoms with E-state index in [-0.39, 0.29) is 6.10 Å². The number of hydrogen-bond donors (Lipinski definition) is 2. The molecule has 1 aromatic carbocycles. The lowest BCUT2D eigenvalue weighted by atomic mass is 10.1. The van der Waals surface area contributed by atoms with Gasteiger partial charge in [-0.25, -0.2) is 9.97 Å². The van der Waals surface area contributed by atoms with Gasteiger partial charge in [0.15, 0.2) is 0 Å². The van der Waals surface area contributed by atoms with Gasteiger partial charge in [0.2, 0.25) is 5.95 Å². The lowest BCUT2D eigenvalue weighted by molar-refractivity contribution is 0.0254. The van der Waals surface area contributed by atoms with Crippen LogP contribution in [0.25, 0.3) is 11.3 Å². The van der Waals surface area contributed by atoms with Crippen LogP contribution in [0.2, 0.25) is 0 Å². The van der Waals surface area contributed by atoms with Crippen molar-refractivity contribution in [2.75, 3.05) is 38.8 Å². The van der Waals surface area contributed by atoms with Crippen LogP contribution in [0, 0.1) is 11.3 Å². The van der Waals surface area contributed by atoms with Gasteiger partial charge in [0, 0.05) is 44.8 Å². The Morgan fingerprint density at radius 2 is 2.03 bits per heavy atom. The molecule has 0 saturated carbocycles. The minimum atomic E-state index is 0.0719. The summed E-state index contributed by atoms with van der Waals surface area (Å²) in [4.78, 5) is 13.4. The van der Waals surface area contributed by atoms with Gasteiger partial charge in [-0.3, -0.25) is 4.98 Å². The molecule has 0 aliphatic carbocycles. The molecule has 0 amide bonds. The first-order valence-corrected chi connectivity index (χ1v) is 11.3. The normalized spacial score (nSPS) is 13.9. The molecule has 0 radical (unpaired) electrons. The van der Waals surface area contributed by atoms with E-state index in [1.165, 1.54) is 0 Å². The Hall–Kier alpha value is -3.58. The van der Waals surface area contributed by atoms with E-state index < -0.39 is 0 Å². The quantitative estimate of drug-likeness (QED) is 0.439. The van der Waals surface area contributed by atoms with E-state index >= 15 is 0 Å².